The number of nitrogens with zero attached hydrogens (tertiary/aromatic N) is 1. The minimum absolute atomic E-state index is 0.0225. The van der Waals surface area contributed by atoms with E-state index in [0.717, 1.165) is 11.3 Å². The Morgan fingerprint density at radius 3 is 2.48 bits per heavy atom. The van der Waals surface area contributed by atoms with Crippen LogP contribution in [0.5, 0.6) is 5.75 Å². The van der Waals surface area contributed by atoms with E-state index in [0.29, 0.717) is 13.1 Å². The molecule has 0 radical (unpaired) electrons. The van der Waals surface area contributed by atoms with Gasteiger partial charge in [0.2, 0.25) is 5.91 Å². The Bertz CT molecular complexity index is 592. The second-order valence-electron chi connectivity index (χ2n) is 7.32. The molecule has 1 aromatic rings. The number of carbonyl (C=O) groups excluding carboxylic acids is 2. The molecule has 0 aromatic heterocycles. The van der Waals surface area contributed by atoms with E-state index in [-0.39, 0.29) is 35.7 Å². The maximum atomic E-state index is 12.3. The zero-order chi connectivity index (χ0) is 17.2. The fraction of sp³-hybridized carbons (Fsp3) is 0.556. The van der Waals surface area contributed by atoms with Gasteiger partial charge < -0.3 is 15.4 Å². The summed E-state index contributed by atoms with van der Waals surface area (Å²) in [6.07, 6.45) is 0. The molecule has 1 heterocycles. The lowest BCUT2D eigenvalue weighted by molar-refractivity contribution is -0.132. The van der Waals surface area contributed by atoms with Gasteiger partial charge in [0.05, 0.1) is 5.92 Å². The quantitative estimate of drug-likeness (QED) is 0.922. The summed E-state index contributed by atoms with van der Waals surface area (Å²) in [5, 5.41) is 0. The van der Waals surface area contributed by atoms with Gasteiger partial charge in [-0.1, -0.05) is 45.9 Å². The van der Waals surface area contributed by atoms with E-state index < -0.39 is 0 Å². The summed E-state index contributed by atoms with van der Waals surface area (Å²) in [6, 6.07) is 7.76. The van der Waals surface area contributed by atoms with Crippen molar-refractivity contribution in [2.45, 2.75) is 33.1 Å². The molecule has 5 nitrogen and oxygen atoms in total. The Hall–Kier alpha value is -2.04. The Morgan fingerprint density at radius 2 is 1.91 bits per heavy atom. The van der Waals surface area contributed by atoms with Crippen molar-refractivity contribution >= 4 is 11.8 Å². The van der Waals surface area contributed by atoms with Crippen LogP contribution in [-0.2, 0) is 15.0 Å². The van der Waals surface area contributed by atoms with E-state index in [1.807, 2.05) is 31.2 Å². The van der Waals surface area contributed by atoms with E-state index in [2.05, 4.69) is 20.8 Å². The molecular weight excluding hydrogens is 292 g/mol. The van der Waals surface area contributed by atoms with E-state index in [4.69, 9.17) is 10.5 Å². The smallest absolute Gasteiger partial charge is 0.260 e. The molecular formula is C18H26N2O3. The van der Waals surface area contributed by atoms with Crippen LogP contribution >= 0.6 is 0 Å². The predicted molar refractivity (Wildman–Crippen MR) is 89.1 cm³/mol. The van der Waals surface area contributed by atoms with E-state index >= 15 is 0 Å². The van der Waals surface area contributed by atoms with E-state index in [1.54, 1.807) is 4.90 Å². The molecule has 0 aliphatic carbocycles. The Balaban J connectivity index is 2.00. The number of nitrogens with two attached hydrogens (primary N) is 1. The van der Waals surface area contributed by atoms with Crippen LogP contribution < -0.4 is 10.5 Å². The van der Waals surface area contributed by atoms with Crippen molar-refractivity contribution in [2.24, 2.45) is 17.6 Å². The first kappa shape index (κ1) is 17.3. The molecule has 1 aliphatic heterocycles. The van der Waals surface area contributed by atoms with Gasteiger partial charge in [-0.3, -0.25) is 9.59 Å². The molecule has 1 aliphatic rings. The van der Waals surface area contributed by atoms with Gasteiger partial charge in [0.15, 0.2) is 6.61 Å². The zero-order valence-corrected chi connectivity index (χ0v) is 14.3. The van der Waals surface area contributed by atoms with Crippen LogP contribution in [0.3, 0.4) is 0 Å². The third-order valence-electron chi connectivity index (χ3n) is 4.38. The van der Waals surface area contributed by atoms with Gasteiger partial charge in [-0.2, -0.15) is 0 Å². The Labute approximate surface area is 137 Å². The molecule has 1 aromatic carbocycles. The summed E-state index contributed by atoms with van der Waals surface area (Å²) in [6.45, 7) is 9.18. The van der Waals surface area contributed by atoms with Crippen molar-refractivity contribution in [3.8, 4) is 5.75 Å². The lowest BCUT2D eigenvalue weighted by Crippen LogP contribution is -2.35. The third-order valence-corrected chi connectivity index (χ3v) is 4.38. The summed E-state index contributed by atoms with van der Waals surface area (Å²) in [5.74, 6) is 0.113. The van der Waals surface area contributed by atoms with E-state index in [1.165, 1.54) is 0 Å². The van der Waals surface area contributed by atoms with Gasteiger partial charge in [-0.05, 0) is 23.0 Å². The van der Waals surface area contributed by atoms with Crippen molar-refractivity contribution in [2.75, 3.05) is 19.7 Å². The number of primary amides is 1. The highest BCUT2D eigenvalue weighted by Gasteiger charge is 2.35. The standard InChI is InChI=1S/C18H26N2O3/c1-12-9-20(10-13(12)17(19)22)16(21)11-23-15-8-6-5-7-14(15)18(2,3)4/h5-8,12-13H,9-11H2,1-4H3,(H2,19,22)/t12-,13-/m1/s1. The Kier molecular flexibility index (Phi) is 4.97. The second-order valence-corrected chi connectivity index (χ2v) is 7.32. The predicted octanol–water partition coefficient (Wildman–Crippen LogP) is 1.94. The molecule has 0 spiro atoms. The number of amides is 2. The topological polar surface area (TPSA) is 72.6 Å². The number of para-hydroxylation sites is 1. The monoisotopic (exact) mass is 318 g/mol. The number of hydrogen-bond acceptors (Lipinski definition) is 3. The minimum atomic E-state index is -0.341. The summed E-state index contributed by atoms with van der Waals surface area (Å²) in [4.78, 5) is 25.4. The maximum Gasteiger partial charge on any atom is 0.260 e. The maximum absolute atomic E-state index is 12.3. The highest BCUT2D eigenvalue weighted by atomic mass is 16.5. The fourth-order valence-corrected chi connectivity index (χ4v) is 2.98. The zero-order valence-electron chi connectivity index (χ0n) is 14.3. The lowest BCUT2D eigenvalue weighted by Gasteiger charge is -2.23. The number of ether oxygens (including phenoxy) is 1. The molecule has 0 saturated carbocycles. The molecule has 2 atom stereocenters. The molecule has 2 rings (SSSR count). The van der Waals surface area contributed by atoms with Crippen LogP contribution in [0.25, 0.3) is 0 Å². The molecule has 126 valence electrons. The van der Waals surface area contributed by atoms with Crippen molar-refractivity contribution in [1.82, 2.24) is 4.90 Å². The largest absolute Gasteiger partial charge is 0.483 e. The highest BCUT2D eigenvalue weighted by Crippen LogP contribution is 2.31. The van der Waals surface area contributed by atoms with Gasteiger partial charge in [-0.15, -0.1) is 0 Å². The first-order chi connectivity index (χ1) is 10.7. The van der Waals surface area contributed by atoms with Crippen LogP contribution in [0.15, 0.2) is 24.3 Å². The van der Waals surface area contributed by atoms with Gasteiger partial charge in [0, 0.05) is 13.1 Å². The average molecular weight is 318 g/mol. The van der Waals surface area contributed by atoms with Crippen LogP contribution in [0.4, 0.5) is 0 Å². The summed E-state index contributed by atoms with van der Waals surface area (Å²) < 4.78 is 5.76. The molecule has 0 bridgehead atoms. The minimum Gasteiger partial charge on any atom is -0.483 e. The number of likely N-dealkylation sites (tertiary alicyclic amines) is 1. The number of benzene rings is 1. The van der Waals surface area contributed by atoms with Crippen molar-refractivity contribution in [1.29, 1.82) is 0 Å². The van der Waals surface area contributed by atoms with Crippen molar-refractivity contribution in [3.05, 3.63) is 29.8 Å². The van der Waals surface area contributed by atoms with Gasteiger partial charge in [0.25, 0.3) is 5.91 Å². The first-order valence-corrected chi connectivity index (χ1v) is 7.99. The van der Waals surface area contributed by atoms with Crippen LogP contribution in [0.2, 0.25) is 0 Å². The average Bonchev–Trinajstić information content (AvgIpc) is 2.86. The first-order valence-electron chi connectivity index (χ1n) is 7.99. The summed E-state index contributed by atoms with van der Waals surface area (Å²) in [5.41, 5.74) is 6.39. The van der Waals surface area contributed by atoms with Crippen LogP contribution in [0.1, 0.15) is 33.3 Å². The molecule has 2 N–H and O–H groups in total. The van der Waals surface area contributed by atoms with Gasteiger partial charge in [0.1, 0.15) is 5.75 Å². The Morgan fingerprint density at radius 1 is 1.26 bits per heavy atom. The number of carbonyl (C=O) groups is 2. The summed E-state index contributed by atoms with van der Waals surface area (Å²) >= 11 is 0. The third kappa shape index (κ3) is 4.03. The lowest BCUT2D eigenvalue weighted by atomic mass is 9.86. The molecule has 1 fully saturated rings. The highest BCUT2D eigenvalue weighted by molar-refractivity contribution is 5.82. The fourth-order valence-electron chi connectivity index (χ4n) is 2.98. The van der Waals surface area contributed by atoms with Gasteiger partial charge in [-0.25, -0.2) is 0 Å². The van der Waals surface area contributed by atoms with Crippen molar-refractivity contribution in [3.63, 3.8) is 0 Å². The molecule has 1 saturated heterocycles. The normalized spacial score (nSPS) is 21.3. The second kappa shape index (κ2) is 6.60. The number of hydrogen-bond donors (Lipinski definition) is 1. The van der Waals surface area contributed by atoms with Crippen LogP contribution in [-0.4, -0.2) is 36.4 Å². The van der Waals surface area contributed by atoms with Gasteiger partial charge >= 0.3 is 0 Å². The van der Waals surface area contributed by atoms with Crippen molar-refractivity contribution < 1.29 is 14.3 Å². The molecule has 5 heteroatoms. The van der Waals surface area contributed by atoms with E-state index in [9.17, 15) is 9.59 Å². The summed E-state index contributed by atoms with van der Waals surface area (Å²) in [7, 11) is 0. The van der Waals surface area contributed by atoms with Crippen LogP contribution in [0, 0.1) is 11.8 Å². The molecule has 2 amide bonds. The number of rotatable bonds is 4. The molecule has 0 unspecified atom stereocenters. The molecule has 23 heavy (non-hydrogen) atoms. The SMILES string of the molecule is C[C@@H]1CN(C(=O)COc2ccccc2C(C)(C)C)C[C@H]1C(N)=O.